The number of ketones is 1. The summed E-state index contributed by atoms with van der Waals surface area (Å²) in [4.78, 5) is 51.1. The van der Waals surface area contributed by atoms with Gasteiger partial charge in [0.05, 0.1) is 5.56 Å². The summed E-state index contributed by atoms with van der Waals surface area (Å²) in [5.41, 5.74) is 2.70. The van der Waals surface area contributed by atoms with Gasteiger partial charge >= 0.3 is 5.97 Å². The lowest BCUT2D eigenvalue weighted by molar-refractivity contribution is -0.119. The van der Waals surface area contributed by atoms with Crippen molar-refractivity contribution >= 4 is 29.3 Å². The van der Waals surface area contributed by atoms with Crippen LogP contribution in [0.25, 0.3) is 0 Å². The Labute approximate surface area is 192 Å². The molecular formula is C26H24N2O5. The number of nitrogens with one attached hydrogen (secondary N) is 1. The number of anilines is 1. The molecule has 0 saturated heterocycles. The molecular weight excluding hydrogens is 420 g/mol. The molecule has 0 heterocycles. The Hall–Kier alpha value is -4.26. The Kier molecular flexibility index (Phi) is 7.35. The first kappa shape index (κ1) is 23.4. The number of hydrogen-bond donors (Lipinski definition) is 1. The second kappa shape index (κ2) is 10.4. The zero-order valence-electron chi connectivity index (χ0n) is 18.6. The fourth-order valence-corrected chi connectivity index (χ4v) is 3.08. The molecule has 33 heavy (non-hydrogen) atoms. The molecule has 3 rings (SSSR count). The third-order valence-corrected chi connectivity index (χ3v) is 4.86. The molecule has 3 aromatic rings. The van der Waals surface area contributed by atoms with Gasteiger partial charge in [-0.05, 0) is 37.3 Å². The molecule has 2 amide bonds. The van der Waals surface area contributed by atoms with Crippen LogP contribution in [0.3, 0.4) is 0 Å². The third-order valence-electron chi connectivity index (χ3n) is 4.86. The maximum atomic E-state index is 12.9. The molecule has 7 heteroatoms. The number of aryl methyl sites for hydroxylation is 1. The van der Waals surface area contributed by atoms with Crippen molar-refractivity contribution in [3.63, 3.8) is 0 Å². The number of rotatable bonds is 7. The summed E-state index contributed by atoms with van der Waals surface area (Å²) in [5, 5.41) is 2.60. The van der Waals surface area contributed by atoms with Gasteiger partial charge in [0.1, 0.15) is 0 Å². The topological polar surface area (TPSA) is 92.8 Å². The Morgan fingerprint density at radius 2 is 1.36 bits per heavy atom. The van der Waals surface area contributed by atoms with Crippen molar-refractivity contribution in [2.45, 2.75) is 6.92 Å². The van der Waals surface area contributed by atoms with Gasteiger partial charge in [0.25, 0.3) is 11.8 Å². The van der Waals surface area contributed by atoms with Gasteiger partial charge in [0.15, 0.2) is 12.4 Å². The van der Waals surface area contributed by atoms with Crippen LogP contribution < -0.4 is 5.32 Å². The number of ether oxygens (including phenoxy) is 1. The minimum atomic E-state index is -0.770. The molecule has 7 nitrogen and oxygen atoms in total. The van der Waals surface area contributed by atoms with Crippen LogP contribution in [0.1, 0.15) is 42.2 Å². The molecule has 0 aliphatic rings. The summed E-state index contributed by atoms with van der Waals surface area (Å²) in [7, 11) is 3.30. The van der Waals surface area contributed by atoms with Crippen molar-refractivity contribution in [1.82, 2.24) is 4.90 Å². The number of hydrogen-bond acceptors (Lipinski definition) is 5. The van der Waals surface area contributed by atoms with Crippen molar-refractivity contribution in [3.8, 4) is 0 Å². The lowest BCUT2D eigenvalue weighted by Crippen LogP contribution is -2.23. The first-order valence-electron chi connectivity index (χ1n) is 10.3. The molecule has 0 bridgehead atoms. The van der Waals surface area contributed by atoms with Gasteiger partial charge in [-0.2, -0.15) is 0 Å². The number of benzene rings is 3. The van der Waals surface area contributed by atoms with Crippen molar-refractivity contribution in [2.75, 3.05) is 26.0 Å². The second-order valence-corrected chi connectivity index (χ2v) is 7.64. The van der Waals surface area contributed by atoms with E-state index in [1.807, 2.05) is 19.1 Å². The third kappa shape index (κ3) is 5.92. The predicted molar refractivity (Wildman–Crippen MR) is 124 cm³/mol. The van der Waals surface area contributed by atoms with Gasteiger partial charge in [-0.25, -0.2) is 4.79 Å². The quantitative estimate of drug-likeness (QED) is 0.443. The maximum absolute atomic E-state index is 12.9. The molecule has 0 atom stereocenters. The highest BCUT2D eigenvalue weighted by Gasteiger charge is 2.20. The van der Waals surface area contributed by atoms with Crippen LogP contribution in [0.4, 0.5) is 5.69 Å². The molecule has 0 spiro atoms. The van der Waals surface area contributed by atoms with Crippen LogP contribution in [0.15, 0.2) is 72.8 Å². The number of nitrogens with zero attached hydrogens (tertiary/aromatic N) is 1. The van der Waals surface area contributed by atoms with Crippen molar-refractivity contribution in [1.29, 1.82) is 0 Å². The van der Waals surface area contributed by atoms with Gasteiger partial charge < -0.3 is 15.0 Å². The minimum absolute atomic E-state index is 0.0856. The highest BCUT2D eigenvalue weighted by Crippen LogP contribution is 2.17. The zero-order chi connectivity index (χ0) is 24.0. The van der Waals surface area contributed by atoms with E-state index in [0.717, 1.165) is 5.56 Å². The summed E-state index contributed by atoms with van der Waals surface area (Å²) in [5.74, 6) is -1.77. The number of esters is 1. The van der Waals surface area contributed by atoms with E-state index in [2.05, 4.69) is 5.32 Å². The van der Waals surface area contributed by atoms with Crippen LogP contribution in [0, 0.1) is 6.92 Å². The molecule has 3 aromatic carbocycles. The second-order valence-electron chi connectivity index (χ2n) is 7.64. The predicted octanol–water partition coefficient (Wildman–Crippen LogP) is 3.72. The molecule has 0 aliphatic carbocycles. The number of carbonyl (C=O) groups is 4. The molecule has 0 fully saturated rings. The Morgan fingerprint density at radius 1 is 0.788 bits per heavy atom. The summed E-state index contributed by atoms with van der Waals surface area (Å²) in [6.45, 7) is 1.40. The molecule has 0 radical (unpaired) electrons. The monoisotopic (exact) mass is 444 g/mol. The highest BCUT2D eigenvalue weighted by atomic mass is 16.5. The van der Waals surface area contributed by atoms with E-state index in [0.29, 0.717) is 16.8 Å². The number of amides is 2. The van der Waals surface area contributed by atoms with Gasteiger partial charge in [-0.15, -0.1) is 0 Å². The average Bonchev–Trinajstić information content (AvgIpc) is 2.82. The normalized spacial score (nSPS) is 10.3. The van der Waals surface area contributed by atoms with Gasteiger partial charge in [0, 0.05) is 36.5 Å². The van der Waals surface area contributed by atoms with Crippen molar-refractivity contribution < 1.29 is 23.9 Å². The Morgan fingerprint density at radius 3 is 1.97 bits per heavy atom. The molecule has 168 valence electrons. The van der Waals surface area contributed by atoms with Crippen LogP contribution in [0.5, 0.6) is 0 Å². The fourth-order valence-electron chi connectivity index (χ4n) is 3.08. The lowest BCUT2D eigenvalue weighted by atomic mass is 9.98. The van der Waals surface area contributed by atoms with Gasteiger partial charge in [-0.3, -0.25) is 14.4 Å². The zero-order valence-corrected chi connectivity index (χ0v) is 18.6. The fraction of sp³-hybridized carbons (Fsp3) is 0.154. The summed E-state index contributed by atoms with van der Waals surface area (Å²) in [6, 6.07) is 19.7. The molecule has 0 saturated carbocycles. The first-order valence-corrected chi connectivity index (χ1v) is 10.3. The van der Waals surface area contributed by atoms with E-state index in [9.17, 15) is 19.2 Å². The summed E-state index contributed by atoms with van der Waals surface area (Å²) < 4.78 is 5.14. The van der Waals surface area contributed by atoms with E-state index in [4.69, 9.17) is 4.74 Å². The maximum Gasteiger partial charge on any atom is 0.339 e. The summed E-state index contributed by atoms with van der Waals surface area (Å²) in [6.07, 6.45) is 0. The molecule has 0 aromatic heterocycles. The van der Waals surface area contributed by atoms with Crippen LogP contribution in [-0.2, 0) is 9.53 Å². The minimum Gasteiger partial charge on any atom is -0.452 e. The van der Waals surface area contributed by atoms with E-state index >= 15 is 0 Å². The molecule has 0 unspecified atom stereocenters. The van der Waals surface area contributed by atoms with Crippen LogP contribution in [-0.4, -0.2) is 49.2 Å². The SMILES string of the molecule is Cc1ccc(C(=O)c2ccccc2C(=O)OCC(=O)Nc2ccc(C(=O)N(C)C)cc2)cc1. The standard InChI is InChI=1S/C26H24N2O5/c1-17-8-10-18(11-9-17)24(30)21-6-4-5-7-22(21)26(32)33-16-23(29)27-20-14-12-19(13-15-20)25(31)28(2)3/h4-15H,16H2,1-3H3,(H,27,29). The van der Waals surface area contributed by atoms with Crippen LogP contribution >= 0.6 is 0 Å². The first-order chi connectivity index (χ1) is 15.8. The van der Waals surface area contributed by atoms with E-state index in [1.165, 1.54) is 11.0 Å². The molecule has 1 N–H and O–H groups in total. The lowest BCUT2D eigenvalue weighted by Gasteiger charge is -2.11. The van der Waals surface area contributed by atoms with Gasteiger partial charge in [0.2, 0.25) is 0 Å². The largest absolute Gasteiger partial charge is 0.452 e. The van der Waals surface area contributed by atoms with Crippen molar-refractivity contribution in [2.24, 2.45) is 0 Å². The Balaban J connectivity index is 1.63. The van der Waals surface area contributed by atoms with Crippen LogP contribution in [0.2, 0.25) is 0 Å². The summed E-state index contributed by atoms with van der Waals surface area (Å²) >= 11 is 0. The van der Waals surface area contributed by atoms with E-state index < -0.39 is 18.5 Å². The Bertz CT molecular complexity index is 1180. The van der Waals surface area contributed by atoms with E-state index in [-0.39, 0.29) is 22.8 Å². The number of carbonyl (C=O) groups excluding carboxylic acids is 4. The highest BCUT2D eigenvalue weighted by molar-refractivity contribution is 6.14. The van der Waals surface area contributed by atoms with Gasteiger partial charge in [-0.1, -0.05) is 48.0 Å². The van der Waals surface area contributed by atoms with Crippen molar-refractivity contribution in [3.05, 3.63) is 101 Å². The molecule has 0 aliphatic heterocycles. The average molecular weight is 444 g/mol. The van der Waals surface area contributed by atoms with E-state index in [1.54, 1.807) is 68.7 Å². The smallest absolute Gasteiger partial charge is 0.339 e.